The number of aromatic nitrogens is 2. The number of phenolic OH excluding ortho intramolecular Hbond substituents is 1. The molecule has 500 valence electrons. The standard InChI is InChI=1S/C65H85N7O20/c1-7-48-49-37-47(73)13-14-53(49)69-60-50(48)39-72-54(60)38-52-51(62(72)79)41-90-63(80)65(52,8-2)92-64(81)91-40-45-9-11-46(12-10-45)68-61(78)44(6)67-43(5)59(42(3)4)70-56(75)18-21-82-23-25-84-27-29-86-31-33-88-35-36-89-34-32-87-30-28-85-26-24-83-22-19-66-55(74)17-20-71-57(76)15-16-58(71)77/h9-16,37-38,42,44,59,67,73H,5,7-8,17-36,39-41H2,1-4,6H3,(H,66,74)(H,68,78)(H,70,75)/t44-,59-,65-/m0/s1. The van der Waals surface area contributed by atoms with Gasteiger partial charge >= 0.3 is 12.1 Å². The van der Waals surface area contributed by atoms with Gasteiger partial charge in [-0.2, -0.15) is 0 Å². The summed E-state index contributed by atoms with van der Waals surface area (Å²) in [6.07, 6.45) is 1.89. The first-order valence-corrected chi connectivity index (χ1v) is 31.0. The lowest BCUT2D eigenvalue weighted by Crippen LogP contribution is -2.47. The Labute approximate surface area is 533 Å². The molecular formula is C65H85N7O20. The molecule has 0 fully saturated rings. The fourth-order valence-electron chi connectivity index (χ4n) is 10.3. The second kappa shape index (κ2) is 36.2. The maximum atomic E-state index is 14.1. The number of aryl methyl sites for hydroxylation is 1. The minimum atomic E-state index is -1.98. The van der Waals surface area contributed by atoms with Gasteiger partial charge in [-0.15, -0.1) is 0 Å². The van der Waals surface area contributed by atoms with Crippen LogP contribution in [0.3, 0.4) is 0 Å². The van der Waals surface area contributed by atoms with Gasteiger partial charge in [0.2, 0.25) is 23.3 Å². The number of nitrogens with zero attached hydrogens (tertiary/aromatic N) is 3. The number of carbonyl (C=O) groups is 7. The third-order valence-electron chi connectivity index (χ3n) is 15.2. The fourth-order valence-corrected chi connectivity index (χ4v) is 10.3. The number of pyridine rings is 2. The summed E-state index contributed by atoms with van der Waals surface area (Å²) in [7, 11) is 0. The number of esters is 1. The molecule has 0 radical (unpaired) electrons. The molecule has 27 nitrogen and oxygen atoms in total. The molecule has 0 unspecified atom stereocenters. The Morgan fingerprint density at radius 1 is 0.707 bits per heavy atom. The van der Waals surface area contributed by atoms with Gasteiger partial charge in [0.05, 0.1) is 141 Å². The summed E-state index contributed by atoms with van der Waals surface area (Å²) in [6.45, 7) is 19.1. The van der Waals surface area contributed by atoms with Crippen molar-refractivity contribution in [1.82, 2.24) is 30.4 Å². The van der Waals surface area contributed by atoms with E-state index in [1.807, 2.05) is 20.8 Å². The summed E-state index contributed by atoms with van der Waals surface area (Å²) < 4.78 is 62.5. The van der Waals surface area contributed by atoms with Crippen LogP contribution in [-0.4, -0.2) is 192 Å². The van der Waals surface area contributed by atoms with Crippen molar-refractivity contribution >= 4 is 58.3 Å². The van der Waals surface area contributed by atoms with Gasteiger partial charge in [-0.3, -0.25) is 33.7 Å². The van der Waals surface area contributed by atoms with E-state index in [1.54, 1.807) is 66.9 Å². The number of ether oxygens (including phenoxy) is 11. The molecule has 2 aromatic carbocycles. The smallest absolute Gasteiger partial charge is 0.508 e. The molecule has 0 spiro atoms. The quantitative estimate of drug-likeness (QED) is 0.0207. The highest BCUT2D eigenvalue weighted by atomic mass is 16.7. The highest BCUT2D eigenvalue weighted by Gasteiger charge is 2.51. The van der Waals surface area contributed by atoms with Crippen molar-refractivity contribution in [3.05, 3.63) is 111 Å². The molecule has 0 aliphatic carbocycles. The maximum Gasteiger partial charge on any atom is 0.510 e. The van der Waals surface area contributed by atoms with Crippen molar-refractivity contribution in [1.29, 1.82) is 0 Å². The molecule has 3 aliphatic heterocycles. The van der Waals surface area contributed by atoms with Gasteiger partial charge in [-0.25, -0.2) is 14.6 Å². The Kier molecular flexibility index (Phi) is 28.0. The van der Waals surface area contributed by atoms with Crippen LogP contribution in [-0.2, 0) is 113 Å². The molecule has 0 bridgehead atoms. The lowest BCUT2D eigenvalue weighted by Gasteiger charge is -2.35. The summed E-state index contributed by atoms with van der Waals surface area (Å²) in [4.78, 5) is 108. The summed E-state index contributed by atoms with van der Waals surface area (Å²) in [5.41, 5.74) is 2.89. The third-order valence-corrected chi connectivity index (χ3v) is 15.2. The normalized spacial score (nSPS) is 15.4. The number of imide groups is 1. The van der Waals surface area contributed by atoms with Crippen molar-refractivity contribution in [3.63, 3.8) is 0 Å². The van der Waals surface area contributed by atoms with Crippen LogP contribution in [0.15, 0.2) is 77.8 Å². The molecule has 3 aliphatic rings. The topological polar surface area (TPSA) is 327 Å². The number of hydrogen-bond donors (Lipinski definition) is 5. The molecule has 5 N–H and O–H groups in total. The molecular weight excluding hydrogens is 1200 g/mol. The molecule has 0 saturated heterocycles. The van der Waals surface area contributed by atoms with Crippen LogP contribution in [0.2, 0.25) is 0 Å². The number of rotatable bonds is 42. The van der Waals surface area contributed by atoms with E-state index in [0.717, 1.165) is 21.4 Å². The lowest BCUT2D eigenvalue weighted by molar-refractivity contribution is -0.175. The van der Waals surface area contributed by atoms with Gasteiger partial charge in [0.1, 0.15) is 25.0 Å². The van der Waals surface area contributed by atoms with E-state index < -0.39 is 47.2 Å². The van der Waals surface area contributed by atoms with Gasteiger partial charge in [-0.1, -0.05) is 46.4 Å². The van der Waals surface area contributed by atoms with Crippen LogP contribution in [0.5, 0.6) is 5.75 Å². The number of phenols is 1. The Hall–Kier alpha value is -8.15. The van der Waals surface area contributed by atoms with Gasteiger partial charge in [-0.05, 0) is 73.2 Å². The lowest BCUT2D eigenvalue weighted by atomic mass is 9.85. The SMILES string of the molecule is C=C(N[C@@H](C)C(=O)Nc1ccc(COC(=O)O[C@]2(CC)C(=O)OCc3c2cc2n(c3=O)Cc3c-2nc2ccc(O)cc2c3CC)cc1)[C@@H](NC(=O)CCOCCOCCOCCOCCOCCOCCOCCOCCNC(=O)CCN1C(=O)C=CC1=O)C(C)C. The molecule has 3 atom stereocenters. The molecule has 0 saturated carbocycles. The van der Waals surface area contributed by atoms with Crippen molar-refractivity contribution in [2.45, 2.75) is 97.7 Å². The molecule has 5 amide bonds. The second-order valence-electron chi connectivity index (χ2n) is 22.0. The minimum Gasteiger partial charge on any atom is -0.508 e. The number of fused-ring (bicyclic) bond motifs is 5. The van der Waals surface area contributed by atoms with E-state index in [0.29, 0.717) is 139 Å². The van der Waals surface area contributed by atoms with Gasteiger partial charge in [0, 0.05) is 66.0 Å². The Bertz CT molecular complexity index is 3280. The predicted molar refractivity (Wildman–Crippen MR) is 333 cm³/mol. The van der Waals surface area contributed by atoms with Crippen LogP contribution in [0.4, 0.5) is 10.5 Å². The minimum absolute atomic E-state index is 0.0291. The first-order valence-electron chi connectivity index (χ1n) is 31.0. The zero-order valence-corrected chi connectivity index (χ0v) is 52.9. The van der Waals surface area contributed by atoms with E-state index in [2.05, 4.69) is 27.8 Å². The number of aromatic hydroxyl groups is 1. The van der Waals surface area contributed by atoms with E-state index in [1.165, 1.54) is 12.2 Å². The average Bonchev–Trinajstić information content (AvgIpc) is 1.47. The number of anilines is 1. The number of carbonyl (C=O) groups excluding carboxylic acids is 7. The molecule has 4 aromatic rings. The van der Waals surface area contributed by atoms with Crippen LogP contribution >= 0.6 is 0 Å². The first-order chi connectivity index (χ1) is 44.4. The zero-order valence-electron chi connectivity index (χ0n) is 52.9. The fraction of sp³-hybridized carbons (Fsp3) is 0.523. The number of benzene rings is 2. The number of cyclic esters (lactones) is 1. The molecule has 27 heteroatoms. The van der Waals surface area contributed by atoms with Gasteiger partial charge in [0.25, 0.3) is 17.4 Å². The molecule has 2 aromatic heterocycles. The Morgan fingerprint density at radius 2 is 1.28 bits per heavy atom. The molecule has 5 heterocycles. The van der Waals surface area contributed by atoms with E-state index >= 15 is 0 Å². The number of nitrogens with one attached hydrogen (secondary N) is 4. The Morgan fingerprint density at radius 3 is 1.85 bits per heavy atom. The number of hydrogen-bond acceptors (Lipinski definition) is 22. The third kappa shape index (κ3) is 20.2. The zero-order chi connectivity index (χ0) is 66.0. The predicted octanol–water partition coefficient (Wildman–Crippen LogP) is 4.23. The van der Waals surface area contributed by atoms with Crippen molar-refractivity contribution in [2.75, 3.05) is 124 Å². The van der Waals surface area contributed by atoms with Crippen LogP contribution in [0.1, 0.15) is 81.7 Å². The van der Waals surface area contributed by atoms with E-state index in [4.69, 9.17) is 57.1 Å². The van der Waals surface area contributed by atoms with Crippen LogP contribution < -0.4 is 26.8 Å². The van der Waals surface area contributed by atoms with Crippen molar-refractivity contribution in [3.8, 4) is 17.1 Å². The highest BCUT2D eigenvalue weighted by molar-refractivity contribution is 6.13. The largest absolute Gasteiger partial charge is 0.510 e. The van der Waals surface area contributed by atoms with Crippen LogP contribution in [0, 0.1) is 5.92 Å². The van der Waals surface area contributed by atoms with Crippen molar-refractivity contribution < 1.29 is 90.8 Å². The monoisotopic (exact) mass is 1280 g/mol. The van der Waals surface area contributed by atoms with E-state index in [-0.39, 0.29) is 99.3 Å². The van der Waals surface area contributed by atoms with Crippen LogP contribution in [0.25, 0.3) is 22.3 Å². The maximum absolute atomic E-state index is 14.1. The van der Waals surface area contributed by atoms with Gasteiger partial charge < -0.3 is 83.0 Å². The van der Waals surface area contributed by atoms with Gasteiger partial charge in [0.15, 0.2) is 0 Å². The first kappa shape index (κ1) is 71.3. The Balaban J connectivity index is 0.677. The van der Waals surface area contributed by atoms with Crippen molar-refractivity contribution in [2.24, 2.45) is 5.92 Å². The summed E-state index contributed by atoms with van der Waals surface area (Å²) in [6, 6.07) is 11.9. The number of amides is 5. The summed E-state index contributed by atoms with van der Waals surface area (Å²) >= 11 is 0. The molecule has 92 heavy (non-hydrogen) atoms. The average molecular weight is 1280 g/mol. The summed E-state index contributed by atoms with van der Waals surface area (Å²) in [5.74, 6) is -2.52. The van der Waals surface area contributed by atoms with E-state index in [9.17, 15) is 43.5 Å². The second-order valence-corrected chi connectivity index (χ2v) is 22.0. The summed E-state index contributed by atoms with van der Waals surface area (Å²) in [5, 5.41) is 22.6. The molecule has 7 rings (SSSR count). The highest BCUT2D eigenvalue weighted by Crippen LogP contribution is 2.42.